The van der Waals surface area contributed by atoms with Crippen LogP contribution in [0.2, 0.25) is 0 Å². The summed E-state index contributed by atoms with van der Waals surface area (Å²) in [6.07, 6.45) is 12.7. The highest BCUT2D eigenvalue weighted by molar-refractivity contribution is 6.54. The maximum absolute atomic E-state index is 12.3. The Hall–Kier alpha value is -2.69. The van der Waals surface area contributed by atoms with E-state index in [2.05, 4.69) is 35.6 Å². The topological polar surface area (TPSA) is 47.6 Å². The Balaban J connectivity index is 1.38. The van der Waals surface area contributed by atoms with E-state index in [0.29, 0.717) is 17.9 Å². The van der Waals surface area contributed by atoms with Gasteiger partial charge in [0, 0.05) is 5.69 Å². The van der Waals surface area contributed by atoms with Crippen LogP contribution >= 0.6 is 23.2 Å². The molecule has 1 N–H and O–H groups in total. The van der Waals surface area contributed by atoms with E-state index in [1.807, 2.05) is 36.4 Å². The van der Waals surface area contributed by atoms with Crippen molar-refractivity contribution in [1.82, 2.24) is 0 Å². The van der Waals surface area contributed by atoms with Crippen molar-refractivity contribution in [2.24, 2.45) is 0 Å². The summed E-state index contributed by atoms with van der Waals surface area (Å²) in [5.74, 6) is 1.33. The maximum Gasteiger partial charge on any atom is 0.257 e. The number of rotatable bonds is 8. The fourth-order valence-electron chi connectivity index (χ4n) is 5.43. The van der Waals surface area contributed by atoms with Crippen LogP contribution in [-0.4, -0.2) is 23.0 Å². The molecule has 2 saturated carbocycles. The Morgan fingerprint density at radius 3 is 1.45 bits per heavy atom. The molecule has 4 nitrogen and oxygen atoms in total. The van der Waals surface area contributed by atoms with Crippen LogP contribution in [0.1, 0.15) is 64.2 Å². The minimum Gasteiger partial charge on any atom is -0.490 e. The van der Waals surface area contributed by atoms with Gasteiger partial charge in [-0.2, -0.15) is 0 Å². The number of hydrogen-bond donors (Lipinski definition) is 1. The number of halogens is 2. The van der Waals surface area contributed by atoms with Crippen molar-refractivity contribution in [3.63, 3.8) is 0 Å². The van der Waals surface area contributed by atoms with Gasteiger partial charge in [-0.05, 0) is 116 Å². The largest absolute Gasteiger partial charge is 0.490 e. The van der Waals surface area contributed by atoms with Crippen LogP contribution in [0.15, 0.2) is 66.7 Å². The second-order valence-electron chi connectivity index (χ2n) is 10.4. The summed E-state index contributed by atoms with van der Waals surface area (Å²) in [5, 5.41) is 2.84. The van der Waals surface area contributed by atoms with Crippen LogP contribution in [0.3, 0.4) is 0 Å². The zero-order chi connectivity index (χ0) is 26.3. The molecule has 0 bridgehead atoms. The molecule has 3 aromatic carbocycles. The van der Waals surface area contributed by atoms with Crippen molar-refractivity contribution in [2.75, 3.05) is 5.32 Å². The molecule has 2 aliphatic rings. The van der Waals surface area contributed by atoms with Crippen molar-refractivity contribution >= 4 is 34.8 Å². The van der Waals surface area contributed by atoms with Crippen LogP contribution < -0.4 is 14.8 Å². The van der Waals surface area contributed by atoms with Crippen LogP contribution in [0.25, 0.3) is 22.3 Å². The van der Waals surface area contributed by atoms with Crippen molar-refractivity contribution in [3.05, 3.63) is 66.7 Å². The first-order valence-electron chi connectivity index (χ1n) is 13.8. The maximum atomic E-state index is 12.3. The van der Waals surface area contributed by atoms with Crippen LogP contribution in [-0.2, 0) is 4.79 Å². The van der Waals surface area contributed by atoms with Gasteiger partial charge in [0.2, 0.25) is 0 Å². The van der Waals surface area contributed by atoms with Gasteiger partial charge in [0.1, 0.15) is 11.5 Å². The first-order chi connectivity index (χ1) is 18.5. The third-order valence-electron chi connectivity index (χ3n) is 7.48. The number of hydrogen-bond acceptors (Lipinski definition) is 3. The quantitative estimate of drug-likeness (QED) is 0.284. The van der Waals surface area contributed by atoms with Gasteiger partial charge in [-0.1, -0.05) is 60.3 Å². The molecule has 38 heavy (non-hydrogen) atoms. The standard InChI is InChI=1S/C32H35Cl2NO3/c33-31(34)32(36)35-26-20-24(22-11-15-29(16-12-22)37-27-7-3-1-4-8-27)19-25(21-26)23-13-17-30(18-14-23)38-28-9-5-2-6-10-28/h11-21,27-28,31H,1-10H2,(H,35,36). The predicted molar refractivity (Wildman–Crippen MR) is 156 cm³/mol. The Labute approximate surface area is 235 Å². The zero-order valence-corrected chi connectivity index (χ0v) is 23.1. The molecule has 1 amide bonds. The second-order valence-corrected chi connectivity index (χ2v) is 11.5. The molecule has 2 fully saturated rings. The number of anilines is 1. The molecule has 3 aromatic rings. The molecular formula is C32H35Cl2NO3. The fourth-order valence-corrected chi connectivity index (χ4v) is 5.54. The molecule has 0 atom stereocenters. The van der Waals surface area contributed by atoms with Crippen LogP contribution in [0, 0.1) is 0 Å². The SMILES string of the molecule is O=C(Nc1cc(-c2ccc(OC3CCCCC3)cc2)cc(-c2ccc(OC3CCCCC3)cc2)c1)C(Cl)Cl. The summed E-state index contributed by atoms with van der Waals surface area (Å²) >= 11 is 11.6. The lowest BCUT2D eigenvalue weighted by Crippen LogP contribution is -2.19. The molecular weight excluding hydrogens is 517 g/mol. The first-order valence-corrected chi connectivity index (χ1v) is 14.7. The van der Waals surface area contributed by atoms with E-state index in [9.17, 15) is 4.79 Å². The number of alkyl halides is 2. The Bertz CT molecular complexity index is 1120. The summed E-state index contributed by atoms with van der Waals surface area (Å²) in [5.41, 5.74) is 4.65. The number of ether oxygens (including phenoxy) is 2. The molecule has 0 unspecified atom stereocenters. The number of nitrogens with one attached hydrogen (secondary N) is 1. The van der Waals surface area contributed by atoms with Gasteiger partial charge in [-0.3, -0.25) is 4.79 Å². The minimum absolute atomic E-state index is 0.309. The molecule has 6 heteroatoms. The lowest BCUT2D eigenvalue weighted by Gasteiger charge is -2.23. The highest BCUT2D eigenvalue weighted by Gasteiger charge is 2.17. The lowest BCUT2D eigenvalue weighted by atomic mass is 9.97. The van der Waals surface area contributed by atoms with E-state index in [0.717, 1.165) is 59.4 Å². The molecule has 0 spiro atoms. The van der Waals surface area contributed by atoms with Crippen molar-refractivity contribution < 1.29 is 14.3 Å². The van der Waals surface area contributed by atoms with E-state index in [1.165, 1.54) is 38.5 Å². The third-order valence-corrected chi connectivity index (χ3v) is 7.88. The van der Waals surface area contributed by atoms with E-state index in [-0.39, 0.29) is 0 Å². The van der Waals surface area contributed by atoms with Gasteiger partial charge in [0.25, 0.3) is 5.91 Å². The summed E-state index contributed by atoms with van der Waals surface area (Å²) < 4.78 is 12.4. The number of carbonyl (C=O) groups is 1. The molecule has 0 aromatic heterocycles. The lowest BCUT2D eigenvalue weighted by molar-refractivity contribution is -0.114. The molecule has 0 saturated heterocycles. The van der Waals surface area contributed by atoms with E-state index in [1.54, 1.807) is 0 Å². The highest BCUT2D eigenvalue weighted by Crippen LogP contribution is 2.33. The fraction of sp³-hybridized carbons (Fsp3) is 0.406. The number of carbonyl (C=O) groups excluding carboxylic acids is 1. The predicted octanol–water partition coefficient (Wildman–Crippen LogP) is 9.19. The Morgan fingerprint density at radius 1 is 0.632 bits per heavy atom. The van der Waals surface area contributed by atoms with E-state index < -0.39 is 10.7 Å². The van der Waals surface area contributed by atoms with Crippen molar-refractivity contribution in [1.29, 1.82) is 0 Å². The van der Waals surface area contributed by atoms with Crippen molar-refractivity contribution in [3.8, 4) is 33.8 Å². The van der Waals surface area contributed by atoms with Gasteiger partial charge < -0.3 is 14.8 Å². The average molecular weight is 553 g/mol. The van der Waals surface area contributed by atoms with Crippen molar-refractivity contribution in [2.45, 2.75) is 81.3 Å². The highest BCUT2D eigenvalue weighted by atomic mass is 35.5. The summed E-state index contributed by atoms with van der Waals surface area (Å²) in [7, 11) is 0. The van der Waals surface area contributed by atoms with Gasteiger partial charge in [-0.25, -0.2) is 0 Å². The summed E-state index contributed by atoms with van der Waals surface area (Å²) in [6.45, 7) is 0. The van der Waals surface area contributed by atoms with Crippen LogP contribution in [0.4, 0.5) is 5.69 Å². The molecule has 0 radical (unpaired) electrons. The van der Waals surface area contributed by atoms with E-state index >= 15 is 0 Å². The molecule has 0 aliphatic heterocycles. The monoisotopic (exact) mass is 551 g/mol. The molecule has 0 heterocycles. The molecule has 5 rings (SSSR count). The molecule has 200 valence electrons. The Kier molecular flexibility index (Phi) is 9.14. The Morgan fingerprint density at radius 2 is 1.05 bits per heavy atom. The van der Waals surface area contributed by atoms with E-state index in [4.69, 9.17) is 32.7 Å². The van der Waals surface area contributed by atoms with Gasteiger partial charge in [0.05, 0.1) is 12.2 Å². The third kappa shape index (κ3) is 7.24. The minimum atomic E-state index is -1.14. The normalized spacial score (nSPS) is 16.8. The summed E-state index contributed by atoms with van der Waals surface area (Å²) in [4.78, 5) is 11.1. The number of benzene rings is 3. The zero-order valence-electron chi connectivity index (χ0n) is 21.6. The summed E-state index contributed by atoms with van der Waals surface area (Å²) in [6, 6.07) is 22.4. The molecule has 2 aliphatic carbocycles. The van der Waals surface area contributed by atoms with Gasteiger partial charge >= 0.3 is 0 Å². The van der Waals surface area contributed by atoms with Gasteiger partial charge in [0.15, 0.2) is 4.84 Å². The van der Waals surface area contributed by atoms with Crippen LogP contribution in [0.5, 0.6) is 11.5 Å². The number of amides is 1. The average Bonchev–Trinajstić information content (AvgIpc) is 2.95. The van der Waals surface area contributed by atoms with Gasteiger partial charge in [-0.15, -0.1) is 0 Å². The second kappa shape index (κ2) is 12.9. The first kappa shape index (κ1) is 26.9. The smallest absolute Gasteiger partial charge is 0.257 e.